The molecule has 3 fully saturated rings. The molecule has 234 valence electrons. The summed E-state index contributed by atoms with van der Waals surface area (Å²) in [6, 6.07) is 3.95. The predicted molar refractivity (Wildman–Crippen MR) is 165 cm³/mol. The minimum atomic E-state index is -0.658. The number of halogens is 1. The largest absolute Gasteiger partial charge is 0.475 e. The second kappa shape index (κ2) is 12.5. The van der Waals surface area contributed by atoms with Crippen molar-refractivity contribution < 1.29 is 18.7 Å². The molecular formula is C31H38ClN7O5. The fraction of sp³-hybridized carbons (Fsp3) is 0.581. The van der Waals surface area contributed by atoms with Gasteiger partial charge in [0, 0.05) is 26.4 Å². The van der Waals surface area contributed by atoms with E-state index in [2.05, 4.69) is 31.5 Å². The monoisotopic (exact) mass is 623 g/mol. The Kier molecular flexibility index (Phi) is 8.30. The van der Waals surface area contributed by atoms with E-state index in [0.717, 1.165) is 55.3 Å². The predicted octanol–water partition coefficient (Wildman–Crippen LogP) is 5.10. The molecule has 1 N–H and O–H groups in total. The summed E-state index contributed by atoms with van der Waals surface area (Å²) in [5.41, 5.74) is 3.25. The number of morpholine rings is 1. The molecule has 0 aromatic carbocycles. The molecule has 2 saturated carbocycles. The third-order valence-corrected chi connectivity index (χ3v) is 9.51. The number of pyridine rings is 2. The van der Waals surface area contributed by atoms with E-state index in [1.54, 1.807) is 13.3 Å². The number of aromatic nitrogens is 6. The van der Waals surface area contributed by atoms with E-state index in [4.69, 9.17) is 40.3 Å². The quantitative estimate of drug-likeness (QED) is 0.251. The first-order valence-electron chi connectivity index (χ1n) is 15.6. The first-order valence-corrected chi connectivity index (χ1v) is 16.0. The van der Waals surface area contributed by atoms with Gasteiger partial charge in [0.05, 0.1) is 47.0 Å². The number of ether oxygens (including phenoxy) is 3. The molecule has 4 aromatic heterocycles. The van der Waals surface area contributed by atoms with Crippen LogP contribution in [-0.2, 0) is 16.0 Å². The number of anilines is 1. The summed E-state index contributed by atoms with van der Waals surface area (Å²) >= 11 is 6.55. The van der Waals surface area contributed by atoms with Gasteiger partial charge in [-0.25, -0.2) is 19.7 Å². The number of nitrogens with one attached hydrogen (secondary N) is 1. The Morgan fingerprint density at radius 2 is 1.98 bits per heavy atom. The zero-order valence-electron chi connectivity index (χ0n) is 25.1. The van der Waals surface area contributed by atoms with E-state index in [-0.39, 0.29) is 18.0 Å². The maximum atomic E-state index is 11.9. The Labute approximate surface area is 260 Å². The standard InChI is InChI=1S/C31H38ClN7O5/c1-18-6-8-19(9-7-18)17-39-27-22(35-30(39)38-10-11-42-25-5-3-4-24(25)38)15-23(28-36-31(40)44-37-28)34-26(27)21-14-20(32)16-33-29(21)43-13-12-41-2/h14-16,18-19,24-25H,3-13,17H2,1-2H3,(H,36,37,40)/t18?,19?,24-,25-/m1/s1. The molecule has 0 amide bonds. The van der Waals surface area contributed by atoms with Crippen molar-refractivity contribution in [3.8, 4) is 28.7 Å². The number of aromatic amines is 1. The van der Waals surface area contributed by atoms with Gasteiger partial charge in [-0.2, -0.15) is 0 Å². The van der Waals surface area contributed by atoms with Gasteiger partial charge >= 0.3 is 5.76 Å². The van der Waals surface area contributed by atoms with Crippen LogP contribution < -0.4 is 15.4 Å². The van der Waals surface area contributed by atoms with Crippen LogP contribution in [0.25, 0.3) is 33.8 Å². The molecular weight excluding hydrogens is 586 g/mol. The zero-order valence-corrected chi connectivity index (χ0v) is 25.9. The maximum absolute atomic E-state index is 11.9. The Hall–Kier alpha value is -3.48. The van der Waals surface area contributed by atoms with E-state index >= 15 is 0 Å². The first kappa shape index (κ1) is 29.2. The van der Waals surface area contributed by atoms with Gasteiger partial charge < -0.3 is 23.7 Å². The average Bonchev–Trinajstić information content (AvgIpc) is 3.77. The van der Waals surface area contributed by atoms with Crippen molar-refractivity contribution in [1.29, 1.82) is 0 Å². The molecule has 0 spiro atoms. The number of hydrogen-bond acceptors (Lipinski definition) is 10. The number of methoxy groups -OCH3 is 1. The summed E-state index contributed by atoms with van der Waals surface area (Å²) < 4.78 is 24.7. The van der Waals surface area contributed by atoms with Crippen LogP contribution in [-0.4, -0.2) is 75.3 Å². The van der Waals surface area contributed by atoms with Crippen molar-refractivity contribution in [3.63, 3.8) is 0 Å². The lowest BCUT2D eigenvalue weighted by atomic mass is 9.83. The highest BCUT2D eigenvalue weighted by Crippen LogP contribution is 2.41. The minimum Gasteiger partial charge on any atom is -0.475 e. The lowest BCUT2D eigenvalue weighted by Gasteiger charge is -2.39. The summed E-state index contributed by atoms with van der Waals surface area (Å²) in [7, 11) is 1.62. The van der Waals surface area contributed by atoms with Crippen LogP contribution in [0.2, 0.25) is 5.02 Å². The number of fused-ring (bicyclic) bond motifs is 2. The van der Waals surface area contributed by atoms with Gasteiger partial charge in [0.15, 0.2) is 0 Å². The molecule has 0 bridgehead atoms. The number of H-pyrrole nitrogens is 1. The van der Waals surface area contributed by atoms with Crippen molar-refractivity contribution in [2.45, 2.75) is 70.6 Å². The summed E-state index contributed by atoms with van der Waals surface area (Å²) in [5, 5.41) is 4.38. The SMILES string of the molecule is COCCOc1ncc(Cl)cc1-c1nc(-c2noc(=O)[nH]2)cc2nc(N3CCO[C@@H]4CCC[C@H]43)n(CC3CCC(C)CC3)c12. The van der Waals surface area contributed by atoms with Gasteiger partial charge in [-0.3, -0.25) is 9.51 Å². The van der Waals surface area contributed by atoms with Crippen molar-refractivity contribution in [1.82, 2.24) is 29.7 Å². The molecule has 13 heteroatoms. The van der Waals surface area contributed by atoms with Crippen LogP contribution in [0.5, 0.6) is 5.88 Å². The highest BCUT2D eigenvalue weighted by Gasteiger charge is 2.39. The number of imidazole rings is 1. The topological polar surface area (TPSA) is 133 Å². The third kappa shape index (κ3) is 5.70. The Morgan fingerprint density at radius 1 is 1.11 bits per heavy atom. The van der Waals surface area contributed by atoms with Crippen LogP contribution in [0.4, 0.5) is 5.95 Å². The molecule has 12 nitrogen and oxygen atoms in total. The second-order valence-electron chi connectivity index (χ2n) is 12.3. The molecule has 5 heterocycles. The van der Waals surface area contributed by atoms with Gasteiger partial charge in [-0.05, 0) is 56.1 Å². The fourth-order valence-electron chi connectivity index (χ4n) is 7.06. The number of hydrogen-bond donors (Lipinski definition) is 1. The number of rotatable bonds is 9. The molecule has 3 aliphatic rings. The molecule has 4 aromatic rings. The molecule has 0 unspecified atom stereocenters. The van der Waals surface area contributed by atoms with Gasteiger partial charge in [0.1, 0.15) is 18.0 Å². The highest BCUT2D eigenvalue weighted by atomic mass is 35.5. The molecule has 7 rings (SSSR count). The highest BCUT2D eigenvalue weighted by molar-refractivity contribution is 6.30. The van der Waals surface area contributed by atoms with Crippen LogP contribution in [0, 0.1) is 11.8 Å². The lowest BCUT2D eigenvalue weighted by Crippen LogP contribution is -2.49. The molecule has 0 radical (unpaired) electrons. The Balaban J connectivity index is 1.45. The number of nitrogens with zero attached hydrogens (tertiary/aromatic N) is 6. The van der Waals surface area contributed by atoms with Crippen molar-refractivity contribution >= 4 is 28.6 Å². The molecule has 2 atom stereocenters. The van der Waals surface area contributed by atoms with E-state index in [9.17, 15) is 4.79 Å². The van der Waals surface area contributed by atoms with Gasteiger partial charge in [0.2, 0.25) is 17.7 Å². The molecule has 1 aliphatic heterocycles. The van der Waals surface area contributed by atoms with Crippen LogP contribution in [0.1, 0.15) is 51.9 Å². The maximum Gasteiger partial charge on any atom is 0.439 e. The van der Waals surface area contributed by atoms with E-state index in [1.807, 2.05) is 12.1 Å². The normalized spacial score (nSPS) is 23.8. The smallest absolute Gasteiger partial charge is 0.439 e. The fourth-order valence-corrected chi connectivity index (χ4v) is 7.22. The third-order valence-electron chi connectivity index (χ3n) is 9.30. The van der Waals surface area contributed by atoms with Crippen LogP contribution in [0.3, 0.4) is 0 Å². The van der Waals surface area contributed by atoms with Gasteiger partial charge in [-0.15, -0.1) is 0 Å². The summed E-state index contributed by atoms with van der Waals surface area (Å²) in [5.74, 6) is 2.12. The molecule has 1 saturated heterocycles. The average molecular weight is 624 g/mol. The summed E-state index contributed by atoms with van der Waals surface area (Å²) in [4.78, 5) is 31.9. The van der Waals surface area contributed by atoms with E-state index in [1.165, 1.54) is 25.7 Å². The Bertz CT molecular complexity index is 1680. The first-order chi connectivity index (χ1) is 21.5. The summed E-state index contributed by atoms with van der Waals surface area (Å²) in [6.07, 6.45) is 9.82. The minimum absolute atomic E-state index is 0.207. The Morgan fingerprint density at radius 3 is 2.77 bits per heavy atom. The van der Waals surface area contributed by atoms with E-state index < -0.39 is 5.76 Å². The molecule has 2 aliphatic carbocycles. The lowest BCUT2D eigenvalue weighted by molar-refractivity contribution is 0.0247. The van der Waals surface area contributed by atoms with Crippen LogP contribution >= 0.6 is 11.6 Å². The van der Waals surface area contributed by atoms with Crippen molar-refractivity contribution in [2.24, 2.45) is 11.8 Å². The molecule has 44 heavy (non-hydrogen) atoms. The van der Waals surface area contributed by atoms with Crippen molar-refractivity contribution in [2.75, 3.05) is 38.4 Å². The summed E-state index contributed by atoms with van der Waals surface area (Å²) in [6.45, 7) is 5.29. The van der Waals surface area contributed by atoms with Crippen molar-refractivity contribution in [3.05, 3.63) is 33.9 Å². The second-order valence-corrected chi connectivity index (χ2v) is 12.7. The van der Waals surface area contributed by atoms with Crippen LogP contribution in [0.15, 0.2) is 27.6 Å². The van der Waals surface area contributed by atoms with E-state index in [0.29, 0.717) is 53.6 Å². The van der Waals surface area contributed by atoms with Gasteiger partial charge in [0.25, 0.3) is 0 Å². The van der Waals surface area contributed by atoms with Gasteiger partial charge in [-0.1, -0.05) is 36.5 Å². The zero-order chi connectivity index (χ0) is 30.2.